The Labute approximate surface area is 111 Å². The zero-order valence-corrected chi connectivity index (χ0v) is 12.0. The monoisotopic (exact) mass is 246 g/mol. The largest absolute Gasteiger partial charge is 0.310 e. The zero-order valence-electron chi connectivity index (χ0n) is 12.0. The van der Waals surface area contributed by atoms with E-state index in [1.165, 1.54) is 49.2 Å². The van der Waals surface area contributed by atoms with Gasteiger partial charge in [0, 0.05) is 12.6 Å². The molecule has 1 aliphatic heterocycles. The lowest BCUT2D eigenvalue weighted by Crippen LogP contribution is -2.42. The summed E-state index contributed by atoms with van der Waals surface area (Å²) in [7, 11) is 0. The van der Waals surface area contributed by atoms with Crippen molar-refractivity contribution in [3.63, 3.8) is 0 Å². The van der Waals surface area contributed by atoms with Gasteiger partial charge in [-0.1, -0.05) is 25.1 Å². The summed E-state index contributed by atoms with van der Waals surface area (Å²) < 4.78 is 0. The highest BCUT2D eigenvalue weighted by molar-refractivity contribution is 5.32. The first kappa shape index (κ1) is 13.6. The highest BCUT2D eigenvalue weighted by Gasteiger charge is 2.17. The van der Waals surface area contributed by atoms with Crippen LogP contribution in [0.4, 0.5) is 0 Å². The third-order valence-electron chi connectivity index (χ3n) is 4.33. The Morgan fingerprint density at radius 3 is 2.61 bits per heavy atom. The molecule has 1 aliphatic rings. The summed E-state index contributed by atoms with van der Waals surface area (Å²) in [6.45, 7) is 11.4. The Kier molecular flexibility index (Phi) is 4.79. The van der Waals surface area contributed by atoms with E-state index >= 15 is 0 Å². The molecule has 2 heteroatoms. The molecule has 1 heterocycles. The van der Waals surface area contributed by atoms with Crippen LogP contribution in [0.3, 0.4) is 0 Å². The quantitative estimate of drug-likeness (QED) is 0.879. The minimum Gasteiger partial charge on any atom is -0.310 e. The van der Waals surface area contributed by atoms with Crippen LogP contribution in [0.1, 0.15) is 36.5 Å². The predicted octanol–water partition coefficient (Wildman–Crippen LogP) is 2.88. The Bertz CT molecular complexity index is 379. The Morgan fingerprint density at radius 1 is 1.22 bits per heavy atom. The van der Waals surface area contributed by atoms with Gasteiger partial charge in [-0.25, -0.2) is 0 Å². The number of hydrogen-bond donors (Lipinski definition) is 1. The van der Waals surface area contributed by atoms with Gasteiger partial charge in [-0.05, 0) is 63.0 Å². The van der Waals surface area contributed by atoms with Crippen LogP contribution >= 0.6 is 0 Å². The molecule has 1 aromatic carbocycles. The second kappa shape index (κ2) is 6.35. The van der Waals surface area contributed by atoms with Gasteiger partial charge in [-0.2, -0.15) is 0 Å². The highest BCUT2D eigenvalue weighted by Crippen LogP contribution is 2.14. The van der Waals surface area contributed by atoms with Gasteiger partial charge in [0.25, 0.3) is 0 Å². The second-order valence-corrected chi connectivity index (χ2v) is 5.45. The summed E-state index contributed by atoms with van der Waals surface area (Å²) in [6.07, 6.45) is 2.58. The average Bonchev–Trinajstić information content (AvgIpc) is 2.41. The van der Waals surface area contributed by atoms with E-state index in [9.17, 15) is 0 Å². The Morgan fingerprint density at radius 2 is 1.94 bits per heavy atom. The molecule has 2 rings (SSSR count). The topological polar surface area (TPSA) is 15.3 Å². The fraction of sp³-hybridized carbons (Fsp3) is 0.625. The summed E-state index contributed by atoms with van der Waals surface area (Å²) in [5.41, 5.74) is 4.29. The molecule has 0 amide bonds. The third kappa shape index (κ3) is 3.33. The molecule has 1 N–H and O–H groups in total. The van der Waals surface area contributed by atoms with Gasteiger partial charge < -0.3 is 10.2 Å². The van der Waals surface area contributed by atoms with Crippen molar-refractivity contribution >= 4 is 0 Å². The highest BCUT2D eigenvalue weighted by atomic mass is 15.1. The molecule has 0 radical (unpaired) electrons. The van der Waals surface area contributed by atoms with E-state index in [-0.39, 0.29) is 0 Å². The van der Waals surface area contributed by atoms with E-state index in [1.807, 2.05) is 0 Å². The second-order valence-electron chi connectivity index (χ2n) is 5.45. The van der Waals surface area contributed by atoms with Crippen LogP contribution in [0.25, 0.3) is 0 Å². The molecule has 2 nitrogen and oxygen atoms in total. The number of likely N-dealkylation sites (tertiary alicyclic amines) is 1. The van der Waals surface area contributed by atoms with Crippen molar-refractivity contribution in [1.82, 2.24) is 10.2 Å². The van der Waals surface area contributed by atoms with E-state index in [1.54, 1.807) is 0 Å². The average molecular weight is 246 g/mol. The van der Waals surface area contributed by atoms with Gasteiger partial charge in [0.2, 0.25) is 0 Å². The van der Waals surface area contributed by atoms with E-state index in [4.69, 9.17) is 0 Å². The van der Waals surface area contributed by atoms with Gasteiger partial charge in [0.15, 0.2) is 0 Å². The summed E-state index contributed by atoms with van der Waals surface area (Å²) in [4.78, 5) is 2.54. The fourth-order valence-corrected chi connectivity index (χ4v) is 2.71. The number of benzene rings is 1. The van der Waals surface area contributed by atoms with Crippen molar-refractivity contribution in [1.29, 1.82) is 0 Å². The van der Waals surface area contributed by atoms with Crippen molar-refractivity contribution in [3.05, 3.63) is 34.9 Å². The van der Waals surface area contributed by atoms with Gasteiger partial charge >= 0.3 is 0 Å². The van der Waals surface area contributed by atoms with Crippen LogP contribution in [0.15, 0.2) is 18.2 Å². The lowest BCUT2D eigenvalue weighted by molar-refractivity contribution is 0.206. The number of hydrogen-bond acceptors (Lipinski definition) is 2. The first-order valence-corrected chi connectivity index (χ1v) is 7.21. The molecule has 1 saturated heterocycles. The Balaban J connectivity index is 1.83. The Hall–Kier alpha value is -0.860. The van der Waals surface area contributed by atoms with Crippen LogP contribution in [-0.4, -0.2) is 30.6 Å². The minimum atomic E-state index is 0.702. The lowest BCUT2D eigenvalue weighted by Gasteiger charge is -2.31. The van der Waals surface area contributed by atoms with E-state index in [0.29, 0.717) is 6.04 Å². The van der Waals surface area contributed by atoms with Crippen LogP contribution in [0, 0.1) is 13.8 Å². The van der Waals surface area contributed by atoms with E-state index in [2.05, 4.69) is 49.2 Å². The van der Waals surface area contributed by atoms with Gasteiger partial charge in [0.1, 0.15) is 0 Å². The van der Waals surface area contributed by atoms with Crippen LogP contribution in [0.5, 0.6) is 0 Å². The molecule has 0 saturated carbocycles. The summed E-state index contributed by atoms with van der Waals surface area (Å²) in [5.74, 6) is 0. The maximum atomic E-state index is 3.72. The molecule has 0 atom stereocenters. The molecule has 1 aromatic rings. The van der Waals surface area contributed by atoms with E-state index in [0.717, 1.165) is 6.54 Å². The lowest BCUT2D eigenvalue weighted by atomic mass is 10.0. The molecular weight excluding hydrogens is 220 g/mol. The first-order chi connectivity index (χ1) is 8.70. The van der Waals surface area contributed by atoms with Crippen molar-refractivity contribution in [2.75, 3.05) is 19.6 Å². The van der Waals surface area contributed by atoms with Crippen LogP contribution < -0.4 is 5.32 Å². The van der Waals surface area contributed by atoms with Crippen LogP contribution in [-0.2, 0) is 6.54 Å². The molecule has 0 aliphatic carbocycles. The first-order valence-electron chi connectivity index (χ1n) is 7.21. The smallest absolute Gasteiger partial charge is 0.0210 e. The van der Waals surface area contributed by atoms with Crippen molar-refractivity contribution in [2.45, 2.75) is 46.2 Å². The number of nitrogens with zero attached hydrogens (tertiary/aromatic N) is 1. The zero-order chi connectivity index (χ0) is 13.0. The number of piperidine rings is 1. The number of aryl methyl sites for hydroxylation is 1. The van der Waals surface area contributed by atoms with Crippen molar-refractivity contribution in [3.8, 4) is 0 Å². The van der Waals surface area contributed by atoms with Crippen LogP contribution in [0.2, 0.25) is 0 Å². The van der Waals surface area contributed by atoms with E-state index < -0.39 is 0 Å². The molecule has 0 aromatic heterocycles. The maximum absolute atomic E-state index is 3.72. The fourth-order valence-electron chi connectivity index (χ4n) is 2.71. The normalized spacial score (nSPS) is 18.2. The SMILES string of the molecule is CCN1CCC(NCc2cccc(C)c2C)CC1. The number of rotatable bonds is 4. The summed E-state index contributed by atoms with van der Waals surface area (Å²) >= 11 is 0. The minimum absolute atomic E-state index is 0.702. The molecule has 1 fully saturated rings. The predicted molar refractivity (Wildman–Crippen MR) is 77.9 cm³/mol. The standard InChI is InChI=1S/C16H26N2/c1-4-18-10-8-16(9-11-18)17-12-15-7-5-6-13(2)14(15)3/h5-7,16-17H,4,8-12H2,1-3H3. The summed E-state index contributed by atoms with van der Waals surface area (Å²) in [5, 5.41) is 3.72. The van der Waals surface area contributed by atoms with Gasteiger partial charge in [-0.3, -0.25) is 0 Å². The molecule has 0 bridgehead atoms. The molecular formula is C16H26N2. The molecule has 0 unspecified atom stereocenters. The van der Waals surface area contributed by atoms with Crippen molar-refractivity contribution < 1.29 is 0 Å². The maximum Gasteiger partial charge on any atom is 0.0210 e. The molecule has 0 spiro atoms. The molecule has 18 heavy (non-hydrogen) atoms. The summed E-state index contributed by atoms with van der Waals surface area (Å²) in [6, 6.07) is 7.31. The van der Waals surface area contributed by atoms with Gasteiger partial charge in [-0.15, -0.1) is 0 Å². The molecule has 100 valence electrons. The number of nitrogens with one attached hydrogen (secondary N) is 1. The van der Waals surface area contributed by atoms with Crippen molar-refractivity contribution in [2.24, 2.45) is 0 Å². The third-order valence-corrected chi connectivity index (χ3v) is 4.33. The van der Waals surface area contributed by atoms with Gasteiger partial charge in [0.05, 0.1) is 0 Å².